The van der Waals surface area contributed by atoms with Crippen LogP contribution in [-0.4, -0.2) is 74.2 Å². The first-order chi connectivity index (χ1) is 20.7. The van der Waals surface area contributed by atoms with Gasteiger partial charge in [0.25, 0.3) is 15.9 Å². The molecule has 4 rings (SSSR count). The number of aliphatic hydroxyl groups excluding tert-OH is 1. The van der Waals surface area contributed by atoms with Gasteiger partial charge in [-0.1, -0.05) is 25.1 Å². The molecule has 0 bridgehead atoms. The number of fused-ring (bicyclic) bond motifs is 1. The first-order valence-corrected chi connectivity index (χ1v) is 15.2. The number of aliphatic hydroxyl groups is 1. The highest BCUT2D eigenvalue weighted by molar-refractivity contribution is 7.92. The number of alkyl halides is 3. The predicted octanol–water partition coefficient (Wildman–Crippen LogP) is 4.89. The third-order valence-corrected chi connectivity index (χ3v) is 8.63. The van der Waals surface area contributed by atoms with Crippen molar-refractivity contribution in [1.82, 2.24) is 9.80 Å². The van der Waals surface area contributed by atoms with Crippen LogP contribution in [0.4, 0.5) is 29.3 Å². The van der Waals surface area contributed by atoms with E-state index >= 15 is 0 Å². The number of halogens is 3. The summed E-state index contributed by atoms with van der Waals surface area (Å²) in [5.41, 5.74) is -0.482. The number of nitrogens with zero attached hydrogens (tertiary/aromatic N) is 2. The van der Waals surface area contributed by atoms with Gasteiger partial charge in [0.15, 0.2) is 0 Å². The Kier molecular flexibility index (Phi) is 9.74. The Balaban J connectivity index is 1.57. The highest BCUT2D eigenvalue weighted by atomic mass is 32.2. The molecule has 0 radical (unpaired) electrons. The summed E-state index contributed by atoms with van der Waals surface area (Å²) in [6.45, 7) is 3.36. The van der Waals surface area contributed by atoms with Gasteiger partial charge in [0, 0.05) is 30.9 Å². The maximum atomic E-state index is 13.7. The molecule has 0 unspecified atom stereocenters. The quantitative estimate of drug-likeness (QED) is 0.324. The van der Waals surface area contributed by atoms with Gasteiger partial charge in [0.05, 0.1) is 35.2 Å². The molecule has 0 saturated heterocycles. The zero-order valence-electron chi connectivity index (χ0n) is 24.2. The zero-order valence-corrected chi connectivity index (χ0v) is 25.0. The van der Waals surface area contributed by atoms with Crippen LogP contribution < -0.4 is 14.8 Å². The van der Waals surface area contributed by atoms with Gasteiger partial charge < -0.3 is 25.0 Å². The first-order valence-electron chi connectivity index (χ1n) is 13.7. The van der Waals surface area contributed by atoms with Gasteiger partial charge in [-0.3, -0.25) is 9.52 Å². The lowest BCUT2D eigenvalue weighted by atomic mass is 9.99. The monoisotopic (exact) mass is 634 g/mol. The van der Waals surface area contributed by atoms with Gasteiger partial charge in [-0.05, 0) is 61.5 Å². The SMILES string of the molecule is C[C@@H]1CN([C@@H](C)CO)C(=O)c2cc(NS(=O)(=O)c3ccccc3)ccc2O[C@@H]1CN(C)C(=O)Nc1ccc(C(F)(F)F)cc1. The van der Waals surface area contributed by atoms with Crippen molar-refractivity contribution in [2.45, 2.75) is 37.1 Å². The van der Waals surface area contributed by atoms with Crippen LogP contribution >= 0.6 is 0 Å². The molecule has 1 heterocycles. The van der Waals surface area contributed by atoms with Crippen LogP contribution in [0.2, 0.25) is 0 Å². The maximum absolute atomic E-state index is 13.7. The summed E-state index contributed by atoms with van der Waals surface area (Å²) in [6.07, 6.45) is -5.16. The van der Waals surface area contributed by atoms with Crippen molar-refractivity contribution in [3.63, 3.8) is 0 Å². The van der Waals surface area contributed by atoms with Gasteiger partial charge in [0.1, 0.15) is 11.9 Å². The molecule has 14 heteroatoms. The molecule has 0 saturated carbocycles. The zero-order chi connectivity index (χ0) is 32.2. The van der Waals surface area contributed by atoms with Gasteiger partial charge in [-0.15, -0.1) is 0 Å². The van der Waals surface area contributed by atoms with E-state index in [1.54, 1.807) is 25.1 Å². The Bertz CT molecular complexity index is 1590. The number of amides is 3. The minimum atomic E-state index is -4.50. The van der Waals surface area contributed by atoms with Crippen molar-refractivity contribution in [2.24, 2.45) is 5.92 Å². The predicted molar refractivity (Wildman–Crippen MR) is 158 cm³/mol. The molecular weight excluding hydrogens is 601 g/mol. The molecule has 3 aromatic rings. The molecule has 236 valence electrons. The average molecular weight is 635 g/mol. The molecule has 0 aromatic heterocycles. The average Bonchev–Trinajstić information content (AvgIpc) is 2.98. The van der Waals surface area contributed by atoms with Gasteiger partial charge >= 0.3 is 12.2 Å². The Morgan fingerprint density at radius 2 is 1.73 bits per heavy atom. The third-order valence-electron chi connectivity index (χ3n) is 7.23. The number of hydrogen-bond acceptors (Lipinski definition) is 6. The van der Waals surface area contributed by atoms with Crippen molar-refractivity contribution in [1.29, 1.82) is 0 Å². The summed E-state index contributed by atoms with van der Waals surface area (Å²) in [7, 11) is -2.46. The van der Waals surface area contributed by atoms with E-state index in [1.165, 1.54) is 47.2 Å². The standard InChI is InChI=1S/C30H33F3N4O6S/c1-19-16-37(20(2)18-38)28(39)25-15-23(35-44(41,42)24-7-5-4-6-8-24)13-14-26(25)43-27(19)17-36(3)29(40)34-22-11-9-21(10-12-22)30(31,32)33/h4-15,19-20,27,35,38H,16-18H2,1-3H3,(H,34,40)/t19-,20+,27-/m1/s1. The van der Waals surface area contributed by atoms with Crippen LogP contribution in [0.3, 0.4) is 0 Å². The number of anilines is 2. The van der Waals surface area contributed by atoms with Gasteiger partial charge in [0.2, 0.25) is 0 Å². The fourth-order valence-corrected chi connectivity index (χ4v) is 5.70. The number of carbonyl (C=O) groups is 2. The van der Waals surface area contributed by atoms with Crippen LogP contribution in [0.1, 0.15) is 29.8 Å². The number of benzene rings is 3. The highest BCUT2D eigenvalue weighted by Gasteiger charge is 2.34. The molecule has 0 aliphatic carbocycles. The topological polar surface area (TPSA) is 128 Å². The number of carbonyl (C=O) groups excluding carboxylic acids is 2. The molecule has 3 N–H and O–H groups in total. The molecule has 1 aliphatic heterocycles. The molecule has 0 fully saturated rings. The van der Waals surface area contributed by atoms with Crippen molar-refractivity contribution >= 4 is 33.3 Å². The molecule has 1 aliphatic rings. The number of sulfonamides is 1. The van der Waals surface area contributed by atoms with Crippen LogP contribution in [0.5, 0.6) is 5.75 Å². The summed E-state index contributed by atoms with van der Waals surface area (Å²) in [4.78, 5) is 29.4. The summed E-state index contributed by atoms with van der Waals surface area (Å²) >= 11 is 0. The summed E-state index contributed by atoms with van der Waals surface area (Å²) in [5.74, 6) is -0.652. The van der Waals surface area contributed by atoms with E-state index in [-0.39, 0.29) is 53.2 Å². The molecule has 3 aromatic carbocycles. The van der Waals surface area contributed by atoms with E-state index in [4.69, 9.17) is 4.74 Å². The number of rotatable bonds is 8. The highest BCUT2D eigenvalue weighted by Crippen LogP contribution is 2.32. The number of nitrogens with one attached hydrogen (secondary N) is 2. The Labute approximate surface area is 253 Å². The number of ether oxygens (including phenoxy) is 1. The molecule has 10 nitrogen and oxygen atoms in total. The lowest BCUT2D eigenvalue weighted by Crippen LogP contribution is -2.50. The minimum Gasteiger partial charge on any atom is -0.487 e. The van der Waals surface area contributed by atoms with Gasteiger partial charge in [-0.2, -0.15) is 13.2 Å². The fraction of sp³-hybridized carbons (Fsp3) is 0.333. The second-order valence-corrected chi connectivity index (χ2v) is 12.3. The van der Waals surface area contributed by atoms with Crippen LogP contribution in [0.25, 0.3) is 0 Å². The molecular formula is C30H33F3N4O6S. The van der Waals surface area contributed by atoms with E-state index < -0.39 is 45.8 Å². The minimum absolute atomic E-state index is 0.0327. The van der Waals surface area contributed by atoms with Crippen molar-refractivity contribution in [3.8, 4) is 5.75 Å². The summed E-state index contributed by atoms with van der Waals surface area (Å²) < 4.78 is 73.2. The Hall–Kier alpha value is -4.30. The normalized spacial score (nSPS) is 17.9. The summed E-state index contributed by atoms with van der Waals surface area (Å²) in [5, 5.41) is 12.4. The molecule has 44 heavy (non-hydrogen) atoms. The Morgan fingerprint density at radius 1 is 1.09 bits per heavy atom. The van der Waals surface area contributed by atoms with Crippen molar-refractivity contribution < 1.29 is 41.0 Å². The second kappa shape index (κ2) is 13.1. The van der Waals surface area contributed by atoms with E-state index in [0.717, 1.165) is 24.3 Å². The molecule has 3 amide bonds. The lowest BCUT2D eigenvalue weighted by Gasteiger charge is -2.38. The van der Waals surface area contributed by atoms with E-state index in [2.05, 4.69) is 10.0 Å². The number of urea groups is 1. The maximum Gasteiger partial charge on any atom is 0.416 e. The van der Waals surface area contributed by atoms with E-state index in [0.29, 0.717) is 0 Å². The number of hydrogen-bond donors (Lipinski definition) is 3. The third kappa shape index (κ3) is 7.61. The lowest BCUT2D eigenvalue weighted by molar-refractivity contribution is -0.137. The Morgan fingerprint density at radius 3 is 2.34 bits per heavy atom. The fourth-order valence-electron chi connectivity index (χ4n) is 4.63. The summed E-state index contributed by atoms with van der Waals surface area (Å²) in [6, 6.07) is 14.9. The largest absolute Gasteiger partial charge is 0.487 e. The number of likely N-dealkylation sites (N-methyl/N-ethyl adjacent to an activating group) is 1. The van der Waals surface area contributed by atoms with Crippen molar-refractivity contribution in [2.75, 3.05) is 36.8 Å². The smallest absolute Gasteiger partial charge is 0.416 e. The molecule has 3 atom stereocenters. The van der Waals surface area contributed by atoms with Crippen LogP contribution in [-0.2, 0) is 16.2 Å². The van der Waals surface area contributed by atoms with Gasteiger partial charge in [-0.25, -0.2) is 13.2 Å². The van der Waals surface area contributed by atoms with Crippen molar-refractivity contribution in [3.05, 3.63) is 83.9 Å². The van der Waals surface area contributed by atoms with E-state index in [1.807, 2.05) is 6.92 Å². The first kappa shape index (κ1) is 32.6. The van der Waals surface area contributed by atoms with E-state index in [9.17, 15) is 36.3 Å². The second-order valence-electron chi connectivity index (χ2n) is 10.6. The van der Waals surface area contributed by atoms with Crippen LogP contribution in [0, 0.1) is 5.92 Å². The molecule has 0 spiro atoms. The van der Waals surface area contributed by atoms with Crippen LogP contribution in [0.15, 0.2) is 77.7 Å².